The summed E-state index contributed by atoms with van der Waals surface area (Å²) in [4.78, 5) is 0. The highest BCUT2D eigenvalue weighted by Gasteiger charge is 2.36. The van der Waals surface area contributed by atoms with Gasteiger partial charge in [0.2, 0.25) is 0 Å². The first kappa shape index (κ1) is 15.9. The SMILES string of the molecule is FC(F)(F)Oc1ccc(COC2CNC2)c(C(F)(F)F)c1. The van der Waals surface area contributed by atoms with Gasteiger partial charge in [0.15, 0.2) is 0 Å². The van der Waals surface area contributed by atoms with Crippen LogP contribution in [0.2, 0.25) is 0 Å². The van der Waals surface area contributed by atoms with Crippen molar-refractivity contribution in [1.29, 1.82) is 0 Å². The average Bonchev–Trinajstić information content (AvgIpc) is 2.25. The van der Waals surface area contributed by atoms with E-state index in [9.17, 15) is 26.3 Å². The van der Waals surface area contributed by atoms with Crippen LogP contribution in [0.3, 0.4) is 0 Å². The molecular weight excluding hydrogens is 304 g/mol. The van der Waals surface area contributed by atoms with Crippen LogP contribution in [0.4, 0.5) is 26.3 Å². The van der Waals surface area contributed by atoms with Crippen molar-refractivity contribution < 1.29 is 35.8 Å². The molecule has 1 fully saturated rings. The van der Waals surface area contributed by atoms with Crippen LogP contribution in [-0.2, 0) is 17.5 Å². The highest BCUT2D eigenvalue weighted by atomic mass is 19.4. The molecule has 1 aliphatic heterocycles. The molecule has 3 nitrogen and oxygen atoms in total. The van der Waals surface area contributed by atoms with Crippen molar-refractivity contribution >= 4 is 0 Å². The van der Waals surface area contributed by atoms with E-state index in [0.717, 1.165) is 12.1 Å². The molecule has 1 aromatic carbocycles. The molecule has 1 heterocycles. The minimum atomic E-state index is -5.04. The number of halogens is 6. The van der Waals surface area contributed by atoms with Crippen LogP contribution in [0, 0.1) is 0 Å². The zero-order chi connectivity index (χ0) is 15.7. The van der Waals surface area contributed by atoms with Crippen molar-refractivity contribution in [1.82, 2.24) is 5.32 Å². The minimum Gasteiger partial charge on any atom is -0.406 e. The summed E-state index contributed by atoms with van der Waals surface area (Å²) in [5.74, 6) is -0.913. The molecule has 0 spiro atoms. The Balaban J connectivity index is 2.18. The molecule has 0 unspecified atom stereocenters. The van der Waals surface area contributed by atoms with E-state index >= 15 is 0 Å². The molecule has 0 saturated carbocycles. The fraction of sp³-hybridized carbons (Fsp3) is 0.500. The lowest BCUT2D eigenvalue weighted by Crippen LogP contribution is -2.48. The van der Waals surface area contributed by atoms with Gasteiger partial charge in [-0.05, 0) is 17.7 Å². The molecule has 0 aromatic heterocycles. The summed E-state index contributed by atoms with van der Waals surface area (Å²) in [5.41, 5.74) is -1.43. The molecule has 0 aliphatic carbocycles. The Morgan fingerprint density at radius 2 is 1.76 bits per heavy atom. The maximum atomic E-state index is 12.9. The highest BCUT2D eigenvalue weighted by Crippen LogP contribution is 2.36. The van der Waals surface area contributed by atoms with Gasteiger partial charge in [0.05, 0.1) is 18.3 Å². The summed E-state index contributed by atoms with van der Waals surface area (Å²) in [6.07, 6.45) is -10.0. The Morgan fingerprint density at radius 1 is 1.10 bits per heavy atom. The molecule has 0 radical (unpaired) electrons. The number of hydrogen-bond donors (Lipinski definition) is 1. The van der Waals surface area contributed by atoms with E-state index in [4.69, 9.17) is 4.74 Å². The van der Waals surface area contributed by atoms with Crippen LogP contribution < -0.4 is 10.1 Å². The first-order valence-electron chi connectivity index (χ1n) is 5.93. The van der Waals surface area contributed by atoms with E-state index in [1.807, 2.05) is 0 Å². The third-order valence-corrected chi connectivity index (χ3v) is 2.84. The third kappa shape index (κ3) is 4.50. The Bertz CT molecular complexity index is 496. The quantitative estimate of drug-likeness (QED) is 0.866. The second-order valence-corrected chi connectivity index (χ2v) is 4.46. The number of benzene rings is 1. The van der Waals surface area contributed by atoms with E-state index in [0.29, 0.717) is 19.2 Å². The van der Waals surface area contributed by atoms with Crippen LogP contribution in [-0.4, -0.2) is 25.6 Å². The maximum absolute atomic E-state index is 12.9. The molecule has 21 heavy (non-hydrogen) atoms. The van der Waals surface area contributed by atoms with Gasteiger partial charge in [-0.3, -0.25) is 0 Å². The van der Waals surface area contributed by atoms with Gasteiger partial charge >= 0.3 is 12.5 Å². The molecule has 0 atom stereocenters. The van der Waals surface area contributed by atoms with Gasteiger partial charge in [-0.1, -0.05) is 6.07 Å². The van der Waals surface area contributed by atoms with Crippen molar-refractivity contribution in [2.24, 2.45) is 0 Å². The van der Waals surface area contributed by atoms with Crippen LogP contribution in [0.25, 0.3) is 0 Å². The summed E-state index contributed by atoms with van der Waals surface area (Å²) in [7, 11) is 0. The Morgan fingerprint density at radius 3 is 2.24 bits per heavy atom. The molecule has 2 rings (SSSR count). The summed E-state index contributed by atoms with van der Waals surface area (Å²) in [6, 6.07) is 2.08. The van der Waals surface area contributed by atoms with Gasteiger partial charge in [-0.25, -0.2) is 0 Å². The Kier molecular flexibility index (Phi) is 4.33. The van der Waals surface area contributed by atoms with Gasteiger partial charge < -0.3 is 14.8 Å². The zero-order valence-electron chi connectivity index (χ0n) is 10.5. The maximum Gasteiger partial charge on any atom is 0.573 e. The van der Waals surface area contributed by atoms with Gasteiger partial charge in [-0.2, -0.15) is 13.2 Å². The summed E-state index contributed by atoms with van der Waals surface area (Å²) < 4.78 is 83.5. The van der Waals surface area contributed by atoms with E-state index in [1.54, 1.807) is 0 Å². The topological polar surface area (TPSA) is 30.5 Å². The fourth-order valence-electron chi connectivity index (χ4n) is 1.73. The van der Waals surface area contributed by atoms with Crippen molar-refractivity contribution in [2.45, 2.75) is 25.2 Å². The van der Waals surface area contributed by atoms with Crippen LogP contribution in [0.15, 0.2) is 18.2 Å². The normalized spacial score (nSPS) is 16.7. The number of ether oxygens (including phenoxy) is 2. The van der Waals surface area contributed by atoms with E-state index in [2.05, 4.69) is 10.1 Å². The number of rotatable bonds is 4. The molecule has 0 amide bonds. The van der Waals surface area contributed by atoms with Gasteiger partial charge in [-0.15, -0.1) is 13.2 Å². The summed E-state index contributed by atoms with van der Waals surface area (Å²) in [6.45, 7) is 0.751. The van der Waals surface area contributed by atoms with Crippen molar-refractivity contribution in [3.8, 4) is 5.75 Å². The first-order valence-corrected chi connectivity index (χ1v) is 5.93. The average molecular weight is 315 g/mol. The number of hydrogen-bond acceptors (Lipinski definition) is 3. The predicted octanol–water partition coefficient (Wildman–Crippen LogP) is 3.09. The van der Waals surface area contributed by atoms with Gasteiger partial charge in [0, 0.05) is 13.1 Å². The largest absolute Gasteiger partial charge is 0.573 e. The first-order chi connectivity index (χ1) is 9.65. The fourth-order valence-corrected chi connectivity index (χ4v) is 1.73. The molecule has 1 N–H and O–H groups in total. The Hall–Kier alpha value is -1.48. The molecule has 1 aromatic rings. The number of nitrogens with one attached hydrogen (secondary N) is 1. The lowest BCUT2D eigenvalue weighted by atomic mass is 10.1. The van der Waals surface area contributed by atoms with Crippen LogP contribution in [0.5, 0.6) is 5.75 Å². The Labute approximate surface area is 115 Å². The molecule has 1 aliphatic rings. The molecule has 1 saturated heterocycles. The lowest BCUT2D eigenvalue weighted by Gasteiger charge is -2.27. The third-order valence-electron chi connectivity index (χ3n) is 2.84. The van der Waals surface area contributed by atoms with Crippen molar-refractivity contribution in [2.75, 3.05) is 13.1 Å². The molecular formula is C12H11F6NO2. The summed E-state index contributed by atoms with van der Waals surface area (Å²) >= 11 is 0. The second-order valence-electron chi connectivity index (χ2n) is 4.46. The van der Waals surface area contributed by atoms with Crippen LogP contribution >= 0.6 is 0 Å². The van der Waals surface area contributed by atoms with Crippen LogP contribution in [0.1, 0.15) is 11.1 Å². The standard InChI is InChI=1S/C12H11F6NO2/c13-11(14,15)10-3-8(21-12(16,17)18)2-1-7(10)6-20-9-4-19-5-9/h1-3,9,19H,4-6H2. The molecule has 118 valence electrons. The van der Waals surface area contributed by atoms with Crippen molar-refractivity contribution in [3.05, 3.63) is 29.3 Å². The second kappa shape index (κ2) is 5.72. The summed E-state index contributed by atoms with van der Waals surface area (Å²) in [5, 5.41) is 2.88. The number of alkyl halides is 6. The monoisotopic (exact) mass is 315 g/mol. The van der Waals surface area contributed by atoms with E-state index in [-0.39, 0.29) is 18.3 Å². The smallest absolute Gasteiger partial charge is 0.406 e. The lowest BCUT2D eigenvalue weighted by molar-refractivity contribution is -0.274. The van der Waals surface area contributed by atoms with Crippen molar-refractivity contribution in [3.63, 3.8) is 0 Å². The van der Waals surface area contributed by atoms with E-state index < -0.39 is 23.9 Å². The van der Waals surface area contributed by atoms with Gasteiger partial charge in [0.1, 0.15) is 5.75 Å². The minimum absolute atomic E-state index is 0.183. The highest BCUT2D eigenvalue weighted by molar-refractivity contribution is 5.37. The molecule has 9 heteroatoms. The predicted molar refractivity (Wildman–Crippen MR) is 59.6 cm³/mol. The van der Waals surface area contributed by atoms with Gasteiger partial charge in [0.25, 0.3) is 0 Å². The van der Waals surface area contributed by atoms with E-state index in [1.165, 1.54) is 0 Å². The molecule has 0 bridgehead atoms. The zero-order valence-corrected chi connectivity index (χ0v) is 10.5.